The number of nitrogens with one attached hydrogen (secondary N) is 1. The van der Waals surface area contributed by atoms with E-state index in [1.807, 2.05) is 11.9 Å². The van der Waals surface area contributed by atoms with Crippen molar-refractivity contribution < 1.29 is 22.8 Å². The number of alkyl halides is 4. The van der Waals surface area contributed by atoms with Gasteiger partial charge in [0.1, 0.15) is 12.7 Å². The van der Waals surface area contributed by atoms with Crippen molar-refractivity contribution in [1.82, 2.24) is 9.47 Å². The van der Waals surface area contributed by atoms with Gasteiger partial charge in [0.05, 0.1) is 17.3 Å². The lowest BCUT2D eigenvalue weighted by Gasteiger charge is -2.33. The number of likely N-dealkylation sites (tertiary alicyclic amines) is 1. The zero-order chi connectivity index (χ0) is 19.8. The first-order valence-corrected chi connectivity index (χ1v) is 8.45. The number of halogens is 4. The van der Waals surface area contributed by atoms with Gasteiger partial charge in [-0.1, -0.05) is 11.2 Å². The molecule has 148 valence electrons. The fourth-order valence-corrected chi connectivity index (χ4v) is 3.44. The van der Waals surface area contributed by atoms with Crippen molar-refractivity contribution >= 4 is 22.4 Å². The smallest absolute Gasteiger partial charge is 0.406 e. The van der Waals surface area contributed by atoms with Gasteiger partial charge in [-0.05, 0) is 31.7 Å². The van der Waals surface area contributed by atoms with Crippen LogP contribution >= 0.6 is 0 Å². The lowest BCUT2D eigenvalue weighted by atomic mass is 10.0. The third-order valence-electron chi connectivity index (χ3n) is 4.74. The summed E-state index contributed by atoms with van der Waals surface area (Å²) in [6.07, 6.45) is -5.01. The highest BCUT2D eigenvalue weighted by molar-refractivity contribution is 6.04. The summed E-state index contributed by atoms with van der Waals surface area (Å²) in [4.78, 5) is 1.89. The Kier molecular flexibility index (Phi) is 5.18. The van der Waals surface area contributed by atoms with Crippen molar-refractivity contribution in [3.05, 3.63) is 30.0 Å². The molecule has 1 aliphatic heterocycles. The number of benzene rings is 1. The van der Waals surface area contributed by atoms with Crippen molar-refractivity contribution in [2.24, 2.45) is 10.9 Å². The number of nitrogens with two attached hydrogens (primary N) is 1. The predicted octanol–water partition coefficient (Wildman–Crippen LogP) is 2.75. The lowest BCUT2D eigenvalue weighted by Crippen LogP contribution is -2.46. The maximum atomic E-state index is 14.3. The molecule has 1 aromatic heterocycles. The van der Waals surface area contributed by atoms with Crippen LogP contribution in [-0.4, -0.2) is 59.0 Å². The van der Waals surface area contributed by atoms with E-state index in [9.17, 15) is 17.6 Å². The Bertz CT molecular complexity index is 848. The average Bonchev–Trinajstić information content (AvgIpc) is 2.94. The van der Waals surface area contributed by atoms with E-state index >= 15 is 0 Å². The topological polar surface area (TPSA) is 78.8 Å². The van der Waals surface area contributed by atoms with Crippen LogP contribution in [0.3, 0.4) is 0 Å². The summed E-state index contributed by atoms with van der Waals surface area (Å²) in [5.41, 5.74) is 6.30. The number of hydrogen-bond acceptors (Lipinski definition) is 4. The number of fused-ring (bicyclic) bond motifs is 1. The van der Waals surface area contributed by atoms with E-state index in [1.54, 1.807) is 12.1 Å². The van der Waals surface area contributed by atoms with Crippen LogP contribution in [0.2, 0.25) is 0 Å². The third kappa shape index (κ3) is 4.10. The second-order valence-electron chi connectivity index (χ2n) is 6.77. The Morgan fingerprint density at radius 3 is 2.78 bits per heavy atom. The molecule has 2 aromatic rings. The Morgan fingerprint density at radius 1 is 1.41 bits per heavy atom. The van der Waals surface area contributed by atoms with Crippen molar-refractivity contribution in [3.8, 4) is 0 Å². The number of aromatic nitrogens is 1. The Hall–Kier alpha value is -2.49. The molecule has 1 aromatic carbocycles. The molecule has 2 heterocycles. The minimum Gasteiger partial charge on any atom is -0.409 e. The standard InChI is InChI=1S/C17H21F4N5O/c1-25-6-5-13(11(18)8-25)23-12-3-2-4-14-10(12)7-15(16(22)24-27)26(14)9-17(19,20)21/h2-4,7,11,13,23,27H,5-6,8-9H2,1H3,(H2,22,24)/t11-,13+/m1/s1. The normalized spacial score (nSPS) is 22.3. The molecular weight excluding hydrogens is 366 g/mol. The van der Waals surface area contributed by atoms with E-state index in [2.05, 4.69) is 10.5 Å². The Labute approximate surface area is 153 Å². The van der Waals surface area contributed by atoms with Gasteiger partial charge in [-0.25, -0.2) is 4.39 Å². The molecule has 0 saturated carbocycles. The SMILES string of the molecule is CN1CC[C@H](Nc2cccc3c2cc(C(N)=NO)n3CC(F)(F)F)[C@H](F)C1. The maximum absolute atomic E-state index is 14.3. The van der Waals surface area contributed by atoms with Crippen LogP contribution in [-0.2, 0) is 6.54 Å². The number of hydrogen-bond donors (Lipinski definition) is 3. The van der Waals surface area contributed by atoms with Crippen LogP contribution < -0.4 is 11.1 Å². The van der Waals surface area contributed by atoms with Gasteiger partial charge in [0.15, 0.2) is 5.84 Å². The molecule has 0 unspecified atom stereocenters. The summed E-state index contributed by atoms with van der Waals surface area (Å²) in [5, 5.41) is 15.3. The largest absolute Gasteiger partial charge is 0.409 e. The average molecular weight is 387 g/mol. The molecule has 0 spiro atoms. The highest BCUT2D eigenvalue weighted by atomic mass is 19.4. The number of oxime groups is 1. The molecule has 3 rings (SSSR count). The molecule has 2 atom stereocenters. The summed E-state index contributed by atoms with van der Waals surface area (Å²) >= 11 is 0. The van der Waals surface area contributed by atoms with Gasteiger partial charge >= 0.3 is 6.18 Å². The van der Waals surface area contributed by atoms with E-state index in [0.717, 1.165) is 11.1 Å². The van der Waals surface area contributed by atoms with Crippen LogP contribution in [0, 0.1) is 0 Å². The summed E-state index contributed by atoms with van der Waals surface area (Å²) in [6, 6.07) is 5.77. The van der Waals surface area contributed by atoms with Crippen LogP contribution in [0.15, 0.2) is 29.4 Å². The van der Waals surface area contributed by atoms with Gasteiger partial charge in [0, 0.05) is 24.2 Å². The number of anilines is 1. The number of piperidine rings is 1. The molecule has 6 nitrogen and oxygen atoms in total. The molecule has 0 bridgehead atoms. The van der Waals surface area contributed by atoms with Gasteiger partial charge in [-0.3, -0.25) is 0 Å². The highest BCUT2D eigenvalue weighted by Crippen LogP contribution is 2.31. The minimum absolute atomic E-state index is 0.0562. The predicted molar refractivity (Wildman–Crippen MR) is 94.9 cm³/mol. The van der Waals surface area contributed by atoms with Crippen molar-refractivity contribution in [3.63, 3.8) is 0 Å². The Morgan fingerprint density at radius 2 is 2.15 bits per heavy atom. The summed E-state index contributed by atoms with van der Waals surface area (Å²) in [6.45, 7) is -0.276. The van der Waals surface area contributed by atoms with Gasteiger partial charge in [-0.15, -0.1) is 0 Å². The van der Waals surface area contributed by atoms with E-state index in [1.165, 1.54) is 12.1 Å². The molecule has 1 aliphatic rings. The van der Waals surface area contributed by atoms with E-state index < -0.39 is 30.8 Å². The molecule has 0 radical (unpaired) electrons. The molecular formula is C17H21F4N5O. The monoisotopic (exact) mass is 387 g/mol. The van der Waals surface area contributed by atoms with Gasteiger partial charge in [0.2, 0.25) is 0 Å². The number of nitrogens with zero attached hydrogens (tertiary/aromatic N) is 3. The zero-order valence-electron chi connectivity index (χ0n) is 14.7. The number of rotatable bonds is 4. The summed E-state index contributed by atoms with van der Waals surface area (Å²) < 4.78 is 54.3. The lowest BCUT2D eigenvalue weighted by molar-refractivity contribution is -0.139. The van der Waals surface area contributed by atoms with E-state index in [-0.39, 0.29) is 17.8 Å². The summed E-state index contributed by atoms with van der Waals surface area (Å²) in [5.74, 6) is -0.427. The van der Waals surface area contributed by atoms with Crippen LogP contribution in [0.25, 0.3) is 10.9 Å². The minimum atomic E-state index is -4.49. The van der Waals surface area contributed by atoms with Crippen molar-refractivity contribution in [2.75, 3.05) is 25.5 Å². The van der Waals surface area contributed by atoms with E-state index in [0.29, 0.717) is 17.5 Å². The molecule has 27 heavy (non-hydrogen) atoms. The first-order chi connectivity index (χ1) is 12.7. The van der Waals surface area contributed by atoms with E-state index in [4.69, 9.17) is 10.9 Å². The quantitative estimate of drug-likeness (QED) is 0.248. The van der Waals surface area contributed by atoms with Crippen molar-refractivity contribution in [2.45, 2.75) is 31.4 Å². The number of amidine groups is 1. The molecule has 0 aliphatic carbocycles. The molecule has 0 amide bonds. The third-order valence-corrected chi connectivity index (χ3v) is 4.74. The first kappa shape index (κ1) is 19.3. The first-order valence-electron chi connectivity index (χ1n) is 8.45. The van der Waals surface area contributed by atoms with Gasteiger partial charge in [-0.2, -0.15) is 13.2 Å². The van der Waals surface area contributed by atoms with Crippen LogP contribution in [0.4, 0.5) is 23.2 Å². The van der Waals surface area contributed by atoms with Gasteiger partial charge < -0.3 is 25.7 Å². The highest BCUT2D eigenvalue weighted by Gasteiger charge is 2.31. The maximum Gasteiger partial charge on any atom is 0.406 e. The molecule has 1 fully saturated rings. The van der Waals surface area contributed by atoms with Crippen molar-refractivity contribution in [1.29, 1.82) is 0 Å². The molecule has 10 heteroatoms. The second-order valence-corrected chi connectivity index (χ2v) is 6.77. The Balaban J connectivity index is 2.03. The fraction of sp³-hybridized carbons (Fsp3) is 0.471. The van der Waals surface area contributed by atoms with Gasteiger partial charge in [0.25, 0.3) is 0 Å². The van der Waals surface area contributed by atoms with Crippen LogP contribution in [0.1, 0.15) is 12.1 Å². The summed E-state index contributed by atoms with van der Waals surface area (Å²) in [7, 11) is 1.84. The molecule has 4 N–H and O–H groups in total. The fourth-order valence-electron chi connectivity index (χ4n) is 3.44. The second kappa shape index (κ2) is 7.26. The zero-order valence-corrected chi connectivity index (χ0v) is 14.7. The molecule has 1 saturated heterocycles. The van der Waals surface area contributed by atoms with Crippen LogP contribution in [0.5, 0.6) is 0 Å².